The highest BCUT2D eigenvalue weighted by atomic mass is 14.9. The van der Waals surface area contributed by atoms with Crippen LogP contribution < -0.4 is 10.6 Å². The van der Waals surface area contributed by atoms with E-state index in [0.29, 0.717) is 5.41 Å². The maximum absolute atomic E-state index is 3.45. The summed E-state index contributed by atoms with van der Waals surface area (Å²) in [5.41, 5.74) is 0.451. The van der Waals surface area contributed by atoms with Crippen LogP contribution in [0.25, 0.3) is 0 Å². The van der Waals surface area contributed by atoms with Gasteiger partial charge in [0, 0.05) is 19.6 Å². The van der Waals surface area contributed by atoms with E-state index in [1.807, 2.05) is 0 Å². The Balaban J connectivity index is 3.19. The summed E-state index contributed by atoms with van der Waals surface area (Å²) in [5.74, 6) is 0. The molecule has 0 fully saturated rings. The molecule has 2 nitrogen and oxygen atoms in total. The predicted molar refractivity (Wildman–Crippen MR) is 55.5 cm³/mol. The molecular weight excluding hydrogens is 148 g/mol. The fourth-order valence-electron chi connectivity index (χ4n) is 0.905. The van der Waals surface area contributed by atoms with Crippen LogP contribution in [0.1, 0.15) is 34.1 Å². The van der Waals surface area contributed by atoms with Crippen molar-refractivity contribution < 1.29 is 0 Å². The SMILES string of the molecule is CCNCCNCC(C)(C)CC. The molecule has 0 aromatic heterocycles. The van der Waals surface area contributed by atoms with Gasteiger partial charge < -0.3 is 10.6 Å². The van der Waals surface area contributed by atoms with E-state index in [4.69, 9.17) is 0 Å². The third-order valence-electron chi connectivity index (χ3n) is 2.29. The second kappa shape index (κ2) is 6.44. The zero-order valence-corrected chi connectivity index (χ0v) is 9.04. The average molecular weight is 172 g/mol. The minimum atomic E-state index is 0.451. The highest BCUT2D eigenvalue weighted by molar-refractivity contribution is 4.69. The molecule has 0 aliphatic heterocycles. The van der Waals surface area contributed by atoms with Gasteiger partial charge in [-0.05, 0) is 18.4 Å². The van der Waals surface area contributed by atoms with E-state index in [2.05, 4.69) is 38.3 Å². The van der Waals surface area contributed by atoms with Gasteiger partial charge in [0.1, 0.15) is 0 Å². The normalized spacial score (nSPS) is 12.0. The molecule has 0 aliphatic carbocycles. The van der Waals surface area contributed by atoms with E-state index in [0.717, 1.165) is 26.2 Å². The molecule has 0 amide bonds. The van der Waals surface area contributed by atoms with E-state index in [9.17, 15) is 0 Å². The van der Waals surface area contributed by atoms with E-state index in [-0.39, 0.29) is 0 Å². The van der Waals surface area contributed by atoms with Crippen molar-refractivity contribution in [3.05, 3.63) is 0 Å². The Kier molecular flexibility index (Phi) is 6.39. The van der Waals surface area contributed by atoms with Gasteiger partial charge in [-0.15, -0.1) is 0 Å². The predicted octanol–water partition coefficient (Wildman–Crippen LogP) is 1.62. The molecule has 0 aromatic rings. The van der Waals surface area contributed by atoms with Gasteiger partial charge in [0.15, 0.2) is 0 Å². The number of hydrogen-bond donors (Lipinski definition) is 2. The number of hydrogen-bond acceptors (Lipinski definition) is 2. The highest BCUT2D eigenvalue weighted by Crippen LogP contribution is 2.17. The number of likely N-dealkylation sites (N-methyl/N-ethyl adjacent to an activating group) is 1. The first-order valence-corrected chi connectivity index (χ1v) is 5.04. The molecule has 12 heavy (non-hydrogen) atoms. The molecule has 0 atom stereocenters. The van der Waals surface area contributed by atoms with Gasteiger partial charge in [0.25, 0.3) is 0 Å². The molecule has 0 saturated heterocycles. The van der Waals surface area contributed by atoms with Gasteiger partial charge >= 0.3 is 0 Å². The van der Waals surface area contributed by atoms with Crippen molar-refractivity contribution in [1.29, 1.82) is 0 Å². The molecule has 0 heterocycles. The molecule has 0 bridgehead atoms. The summed E-state index contributed by atoms with van der Waals surface area (Å²) >= 11 is 0. The van der Waals surface area contributed by atoms with Crippen LogP contribution in [0.2, 0.25) is 0 Å². The minimum Gasteiger partial charge on any atom is -0.316 e. The van der Waals surface area contributed by atoms with Gasteiger partial charge in [-0.2, -0.15) is 0 Å². The quantitative estimate of drug-likeness (QED) is 0.570. The van der Waals surface area contributed by atoms with Gasteiger partial charge in [0.2, 0.25) is 0 Å². The lowest BCUT2D eigenvalue weighted by Gasteiger charge is -2.22. The van der Waals surface area contributed by atoms with E-state index >= 15 is 0 Å². The molecule has 0 aromatic carbocycles. The Morgan fingerprint density at radius 1 is 1.00 bits per heavy atom. The van der Waals surface area contributed by atoms with Crippen LogP contribution in [0.3, 0.4) is 0 Å². The Hall–Kier alpha value is -0.0800. The van der Waals surface area contributed by atoms with Gasteiger partial charge in [0.05, 0.1) is 0 Å². The second-order valence-corrected chi connectivity index (χ2v) is 4.05. The first-order chi connectivity index (χ1) is 5.62. The summed E-state index contributed by atoms with van der Waals surface area (Å²) < 4.78 is 0. The van der Waals surface area contributed by atoms with Crippen molar-refractivity contribution in [3.8, 4) is 0 Å². The van der Waals surface area contributed by atoms with Crippen LogP contribution in [0, 0.1) is 5.41 Å². The molecule has 2 heteroatoms. The first-order valence-electron chi connectivity index (χ1n) is 5.04. The van der Waals surface area contributed by atoms with Crippen LogP contribution in [0.4, 0.5) is 0 Å². The van der Waals surface area contributed by atoms with Crippen molar-refractivity contribution in [2.45, 2.75) is 34.1 Å². The molecule has 0 saturated carbocycles. The third kappa shape index (κ3) is 6.62. The van der Waals surface area contributed by atoms with Gasteiger partial charge in [-0.3, -0.25) is 0 Å². The summed E-state index contributed by atoms with van der Waals surface area (Å²) in [6.45, 7) is 13.3. The lowest BCUT2D eigenvalue weighted by molar-refractivity contribution is 0.329. The topological polar surface area (TPSA) is 24.1 Å². The zero-order valence-electron chi connectivity index (χ0n) is 9.04. The van der Waals surface area contributed by atoms with Crippen molar-refractivity contribution >= 4 is 0 Å². The summed E-state index contributed by atoms with van der Waals surface area (Å²) in [7, 11) is 0. The Morgan fingerprint density at radius 3 is 2.08 bits per heavy atom. The van der Waals surface area contributed by atoms with Crippen molar-refractivity contribution in [2.75, 3.05) is 26.2 Å². The fraction of sp³-hybridized carbons (Fsp3) is 1.00. The Labute approximate surface area is 77.1 Å². The van der Waals surface area contributed by atoms with Gasteiger partial charge in [-0.25, -0.2) is 0 Å². The smallest absolute Gasteiger partial charge is 0.00769 e. The zero-order chi connectivity index (χ0) is 9.45. The number of nitrogens with one attached hydrogen (secondary N) is 2. The minimum absolute atomic E-state index is 0.451. The maximum Gasteiger partial charge on any atom is 0.00769 e. The summed E-state index contributed by atoms with van der Waals surface area (Å²) in [6.07, 6.45) is 1.24. The van der Waals surface area contributed by atoms with E-state index in [1.165, 1.54) is 6.42 Å². The fourth-order valence-corrected chi connectivity index (χ4v) is 0.905. The lowest BCUT2D eigenvalue weighted by atomic mass is 9.90. The molecule has 74 valence electrons. The van der Waals surface area contributed by atoms with Crippen LogP contribution in [0.5, 0.6) is 0 Å². The van der Waals surface area contributed by atoms with E-state index < -0.39 is 0 Å². The standard InChI is InChI=1S/C10H24N2/c1-5-10(3,4)9-12-8-7-11-6-2/h11-12H,5-9H2,1-4H3. The second-order valence-electron chi connectivity index (χ2n) is 4.05. The molecule has 2 N–H and O–H groups in total. The lowest BCUT2D eigenvalue weighted by Crippen LogP contribution is -2.34. The first kappa shape index (κ1) is 11.9. The molecule has 0 spiro atoms. The van der Waals surface area contributed by atoms with Crippen molar-refractivity contribution in [3.63, 3.8) is 0 Å². The average Bonchev–Trinajstić information content (AvgIpc) is 2.04. The highest BCUT2D eigenvalue weighted by Gasteiger charge is 2.13. The monoisotopic (exact) mass is 172 g/mol. The third-order valence-corrected chi connectivity index (χ3v) is 2.29. The molecular formula is C10H24N2. The number of rotatable bonds is 7. The summed E-state index contributed by atoms with van der Waals surface area (Å²) in [4.78, 5) is 0. The molecule has 0 unspecified atom stereocenters. The van der Waals surface area contributed by atoms with Crippen LogP contribution in [0.15, 0.2) is 0 Å². The van der Waals surface area contributed by atoms with Crippen LogP contribution in [-0.2, 0) is 0 Å². The summed E-state index contributed by atoms with van der Waals surface area (Å²) in [5, 5.41) is 6.74. The van der Waals surface area contributed by atoms with Gasteiger partial charge in [-0.1, -0.05) is 27.7 Å². The largest absolute Gasteiger partial charge is 0.316 e. The van der Waals surface area contributed by atoms with E-state index in [1.54, 1.807) is 0 Å². The molecule has 0 aliphatic rings. The Morgan fingerprint density at radius 2 is 1.58 bits per heavy atom. The molecule has 0 rings (SSSR count). The Bertz CT molecular complexity index is 100. The summed E-state index contributed by atoms with van der Waals surface area (Å²) in [6, 6.07) is 0. The van der Waals surface area contributed by atoms with Crippen LogP contribution in [-0.4, -0.2) is 26.2 Å². The van der Waals surface area contributed by atoms with Crippen molar-refractivity contribution in [2.24, 2.45) is 5.41 Å². The molecule has 0 radical (unpaired) electrons. The van der Waals surface area contributed by atoms with Crippen LogP contribution >= 0.6 is 0 Å². The maximum atomic E-state index is 3.45. The van der Waals surface area contributed by atoms with Crippen molar-refractivity contribution in [1.82, 2.24) is 10.6 Å².